The van der Waals surface area contributed by atoms with Gasteiger partial charge in [-0.3, -0.25) is 0 Å². The normalized spacial score (nSPS) is 35.4. The van der Waals surface area contributed by atoms with Crippen LogP contribution in [-0.4, -0.2) is 25.7 Å². The highest BCUT2D eigenvalue weighted by Crippen LogP contribution is 2.65. The van der Waals surface area contributed by atoms with E-state index in [0.29, 0.717) is 12.2 Å². The first kappa shape index (κ1) is 15.2. The van der Waals surface area contributed by atoms with Crippen LogP contribution in [-0.2, 0) is 9.57 Å². The number of benzene rings is 1. The highest BCUT2D eigenvalue weighted by molar-refractivity contribution is 5.89. The van der Waals surface area contributed by atoms with E-state index in [4.69, 9.17) is 9.57 Å². The predicted octanol–water partition coefficient (Wildman–Crippen LogP) is 3.19. The summed E-state index contributed by atoms with van der Waals surface area (Å²) in [7, 11) is 1.65. The van der Waals surface area contributed by atoms with Crippen molar-refractivity contribution in [3.05, 3.63) is 35.9 Å². The Morgan fingerprint density at radius 2 is 1.91 bits per heavy atom. The fourth-order valence-electron chi connectivity index (χ4n) is 5.59. The lowest BCUT2D eigenvalue weighted by Crippen LogP contribution is -2.50. The van der Waals surface area contributed by atoms with Crippen LogP contribution in [0.5, 0.6) is 0 Å². The lowest BCUT2D eigenvalue weighted by atomic mass is 9.65. The second kappa shape index (κ2) is 5.91. The van der Waals surface area contributed by atoms with Crippen molar-refractivity contribution >= 4 is 5.97 Å². The zero-order valence-corrected chi connectivity index (χ0v) is 13.7. The molecule has 4 nitrogen and oxygen atoms in total. The lowest BCUT2D eigenvalue weighted by Gasteiger charge is -2.43. The Morgan fingerprint density at radius 3 is 2.52 bits per heavy atom. The molecule has 1 aromatic rings. The minimum absolute atomic E-state index is 0.0933. The molecule has 4 saturated carbocycles. The number of carbonyl (C=O) groups is 1. The number of hydroxylamine groups is 1. The van der Waals surface area contributed by atoms with Gasteiger partial charge in [-0.1, -0.05) is 18.2 Å². The molecule has 4 bridgehead atoms. The molecule has 1 aromatic carbocycles. The molecule has 0 saturated heterocycles. The zero-order valence-electron chi connectivity index (χ0n) is 13.7. The van der Waals surface area contributed by atoms with Gasteiger partial charge in [0, 0.05) is 0 Å². The van der Waals surface area contributed by atoms with Crippen molar-refractivity contribution in [3.63, 3.8) is 0 Å². The number of rotatable bonds is 6. The molecule has 4 heteroatoms. The van der Waals surface area contributed by atoms with Crippen LogP contribution >= 0.6 is 0 Å². The predicted molar refractivity (Wildman–Crippen MR) is 86.6 cm³/mol. The maximum atomic E-state index is 12.2. The van der Waals surface area contributed by atoms with Gasteiger partial charge in [-0.25, -0.2) is 4.79 Å². The Balaban J connectivity index is 1.44. The highest BCUT2D eigenvalue weighted by Gasteiger charge is 2.58. The van der Waals surface area contributed by atoms with E-state index < -0.39 is 0 Å². The summed E-state index contributed by atoms with van der Waals surface area (Å²) in [5.41, 5.74) is 4.00. The maximum absolute atomic E-state index is 12.2. The molecule has 1 N–H and O–H groups in total. The number of nitrogens with one attached hydrogen (secondary N) is 1. The van der Waals surface area contributed by atoms with Gasteiger partial charge < -0.3 is 9.57 Å². The summed E-state index contributed by atoms with van der Waals surface area (Å²) in [4.78, 5) is 17.5. The summed E-state index contributed by atoms with van der Waals surface area (Å²) < 4.78 is 5.61. The standard InChI is InChI=1S/C19H25NO3/c1-22-20-17(12-23-18(21)14-5-3-2-4-6-14)19-9-13-7-15(10-19)16(8-13)11-19/h2-6,13,15-17,20H,7-12H2,1H3/t13?,15?,16?,17-,19?/m0/s1. The molecule has 23 heavy (non-hydrogen) atoms. The Bertz CT molecular complexity index is 554. The van der Waals surface area contributed by atoms with E-state index >= 15 is 0 Å². The number of ether oxygens (including phenoxy) is 1. The first-order valence-electron chi connectivity index (χ1n) is 8.71. The Morgan fingerprint density at radius 1 is 1.22 bits per heavy atom. The number of esters is 1. The molecule has 4 aliphatic rings. The van der Waals surface area contributed by atoms with Crippen LogP contribution in [0.3, 0.4) is 0 Å². The molecular formula is C19H25NO3. The topological polar surface area (TPSA) is 47.6 Å². The molecule has 0 aromatic heterocycles. The van der Waals surface area contributed by atoms with Crippen molar-refractivity contribution in [2.45, 2.75) is 38.1 Å². The number of carbonyl (C=O) groups excluding carboxylic acids is 1. The largest absolute Gasteiger partial charge is 0.460 e. The van der Waals surface area contributed by atoms with Crippen molar-refractivity contribution in [1.29, 1.82) is 0 Å². The van der Waals surface area contributed by atoms with E-state index in [1.807, 2.05) is 18.2 Å². The average Bonchev–Trinajstić information content (AvgIpc) is 2.99. The Hall–Kier alpha value is -1.39. The summed E-state index contributed by atoms with van der Waals surface area (Å²) >= 11 is 0. The quantitative estimate of drug-likeness (QED) is 0.647. The van der Waals surface area contributed by atoms with Crippen LogP contribution in [0, 0.1) is 23.2 Å². The van der Waals surface area contributed by atoms with Crippen LogP contribution in [0.4, 0.5) is 0 Å². The first-order chi connectivity index (χ1) is 11.2. The van der Waals surface area contributed by atoms with E-state index in [9.17, 15) is 4.79 Å². The maximum Gasteiger partial charge on any atom is 0.338 e. The molecule has 4 aliphatic carbocycles. The summed E-state index contributed by atoms with van der Waals surface area (Å²) in [5, 5.41) is 0. The van der Waals surface area contributed by atoms with Crippen molar-refractivity contribution in [2.75, 3.05) is 13.7 Å². The van der Waals surface area contributed by atoms with E-state index in [-0.39, 0.29) is 17.4 Å². The van der Waals surface area contributed by atoms with Crippen LogP contribution in [0.1, 0.15) is 42.5 Å². The van der Waals surface area contributed by atoms with Gasteiger partial charge >= 0.3 is 5.97 Å². The first-order valence-corrected chi connectivity index (χ1v) is 8.71. The van der Waals surface area contributed by atoms with Gasteiger partial charge in [0.1, 0.15) is 6.61 Å². The van der Waals surface area contributed by atoms with Gasteiger partial charge in [-0.15, -0.1) is 0 Å². The van der Waals surface area contributed by atoms with E-state index in [1.54, 1.807) is 19.2 Å². The van der Waals surface area contributed by atoms with Crippen LogP contribution < -0.4 is 5.48 Å². The average molecular weight is 315 g/mol. The molecule has 0 spiro atoms. The minimum atomic E-state index is -0.250. The molecule has 0 aliphatic heterocycles. The fraction of sp³-hybridized carbons (Fsp3) is 0.632. The molecule has 3 atom stereocenters. The van der Waals surface area contributed by atoms with E-state index in [0.717, 1.165) is 17.8 Å². The lowest BCUT2D eigenvalue weighted by molar-refractivity contribution is -0.0434. The molecule has 0 heterocycles. The van der Waals surface area contributed by atoms with Gasteiger partial charge in [-0.05, 0) is 67.4 Å². The van der Waals surface area contributed by atoms with Crippen LogP contribution in [0.25, 0.3) is 0 Å². The molecule has 0 radical (unpaired) electrons. The highest BCUT2D eigenvalue weighted by atomic mass is 16.6. The minimum Gasteiger partial charge on any atom is -0.460 e. The second-order valence-corrected chi connectivity index (χ2v) is 7.67. The summed E-state index contributed by atoms with van der Waals surface area (Å²) in [5.74, 6) is 2.40. The van der Waals surface area contributed by atoms with Crippen molar-refractivity contribution < 1.29 is 14.4 Å². The molecule has 5 rings (SSSR count). The monoisotopic (exact) mass is 315 g/mol. The molecule has 4 fully saturated rings. The Labute approximate surface area is 137 Å². The Kier molecular flexibility index (Phi) is 3.90. The van der Waals surface area contributed by atoms with Gasteiger partial charge in [0.25, 0.3) is 0 Å². The zero-order chi connectivity index (χ0) is 15.9. The summed E-state index contributed by atoms with van der Waals surface area (Å²) in [6.45, 7) is 0.383. The summed E-state index contributed by atoms with van der Waals surface area (Å²) in [6, 6.07) is 9.29. The third-order valence-electron chi connectivity index (χ3n) is 6.36. The fourth-order valence-corrected chi connectivity index (χ4v) is 5.59. The van der Waals surface area contributed by atoms with E-state index in [1.165, 1.54) is 32.1 Å². The SMILES string of the molecule is CON[C@@H](COC(=O)c1ccccc1)C12CC3CC(C1)C(C3)C2. The molecular weight excluding hydrogens is 290 g/mol. The molecule has 124 valence electrons. The van der Waals surface area contributed by atoms with Gasteiger partial charge in [-0.2, -0.15) is 5.48 Å². The van der Waals surface area contributed by atoms with Crippen LogP contribution in [0.2, 0.25) is 0 Å². The molecule has 0 amide bonds. The van der Waals surface area contributed by atoms with E-state index in [2.05, 4.69) is 5.48 Å². The smallest absolute Gasteiger partial charge is 0.338 e. The second-order valence-electron chi connectivity index (χ2n) is 7.67. The summed E-state index contributed by atoms with van der Waals surface area (Å²) in [6.07, 6.45) is 6.60. The third-order valence-corrected chi connectivity index (χ3v) is 6.36. The van der Waals surface area contributed by atoms with Crippen molar-refractivity contribution in [1.82, 2.24) is 5.48 Å². The van der Waals surface area contributed by atoms with Gasteiger partial charge in [0.2, 0.25) is 0 Å². The number of hydrogen-bond donors (Lipinski definition) is 1. The van der Waals surface area contributed by atoms with Crippen molar-refractivity contribution in [2.24, 2.45) is 23.2 Å². The van der Waals surface area contributed by atoms with Crippen molar-refractivity contribution in [3.8, 4) is 0 Å². The van der Waals surface area contributed by atoms with Gasteiger partial charge in [0.05, 0.1) is 18.7 Å². The number of hydrogen-bond acceptors (Lipinski definition) is 4. The van der Waals surface area contributed by atoms with Crippen LogP contribution in [0.15, 0.2) is 30.3 Å². The molecule has 2 unspecified atom stereocenters. The third kappa shape index (κ3) is 2.68. The van der Waals surface area contributed by atoms with Gasteiger partial charge in [0.15, 0.2) is 0 Å².